The van der Waals surface area contributed by atoms with E-state index in [4.69, 9.17) is 0 Å². The van der Waals surface area contributed by atoms with Crippen molar-refractivity contribution in [3.63, 3.8) is 0 Å². The second-order valence-corrected chi connectivity index (χ2v) is 9.69. The molecule has 1 aromatic carbocycles. The molecular formula is C24H27FN6. The van der Waals surface area contributed by atoms with Gasteiger partial charge in [0.2, 0.25) is 5.95 Å². The van der Waals surface area contributed by atoms with Crippen molar-refractivity contribution in [1.29, 1.82) is 0 Å². The first-order valence-corrected chi connectivity index (χ1v) is 11.2. The Bertz CT molecular complexity index is 1300. The molecule has 0 saturated heterocycles. The maximum Gasteiger partial charge on any atom is 0.241 e. The van der Waals surface area contributed by atoms with Crippen LogP contribution < -0.4 is 5.32 Å². The van der Waals surface area contributed by atoms with Gasteiger partial charge in [-0.05, 0) is 75.6 Å². The third kappa shape index (κ3) is 2.86. The highest BCUT2D eigenvalue weighted by Crippen LogP contribution is 2.56. The molecule has 160 valence electrons. The molecule has 1 N–H and O–H groups in total. The standard InChI is InChI=1S/C24H27FN6/c1-14(2)31-15(3)27-22-19(25)9-16(10-20(22)31)18-5-8-30-21(18)13-26-23(29-30)28-17-11-24(12-17)6-4-7-24/h5,8-10,13-14,17H,4,6-7,11-12H2,1-3H3,(H,28,29). The monoisotopic (exact) mass is 418 g/mol. The lowest BCUT2D eigenvalue weighted by Crippen LogP contribution is -2.49. The fraction of sp³-hybridized carbons (Fsp3) is 0.458. The number of halogens is 1. The predicted molar refractivity (Wildman–Crippen MR) is 120 cm³/mol. The van der Waals surface area contributed by atoms with Crippen molar-refractivity contribution in [1.82, 2.24) is 24.1 Å². The molecule has 31 heavy (non-hydrogen) atoms. The molecule has 2 saturated carbocycles. The summed E-state index contributed by atoms with van der Waals surface area (Å²) in [7, 11) is 0. The normalized spacial score (nSPS) is 18.1. The van der Waals surface area contributed by atoms with Gasteiger partial charge in [0.05, 0.1) is 17.2 Å². The van der Waals surface area contributed by atoms with Gasteiger partial charge in [-0.3, -0.25) is 0 Å². The van der Waals surface area contributed by atoms with E-state index in [0.29, 0.717) is 22.9 Å². The van der Waals surface area contributed by atoms with E-state index < -0.39 is 0 Å². The molecule has 4 aromatic rings. The molecule has 3 heterocycles. The number of aromatic nitrogens is 5. The second kappa shape index (κ2) is 6.52. The topological polar surface area (TPSA) is 60.0 Å². The van der Waals surface area contributed by atoms with Gasteiger partial charge in [-0.15, -0.1) is 5.10 Å². The molecule has 0 unspecified atom stereocenters. The van der Waals surface area contributed by atoms with E-state index in [9.17, 15) is 4.39 Å². The number of hydrogen-bond donors (Lipinski definition) is 1. The summed E-state index contributed by atoms with van der Waals surface area (Å²) in [4.78, 5) is 9.00. The van der Waals surface area contributed by atoms with Gasteiger partial charge in [0.15, 0.2) is 5.82 Å². The van der Waals surface area contributed by atoms with E-state index in [1.54, 1.807) is 6.07 Å². The first-order valence-electron chi connectivity index (χ1n) is 11.2. The van der Waals surface area contributed by atoms with Crippen LogP contribution in [0.15, 0.2) is 30.6 Å². The molecule has 0 bridgehead atoms. The Hall–Kier alpha value is -2.96. The van der Waals surface area contributed by atoms with Gasteiger partial charge in [0.1, 0.15) is 11.3 Å². The zero-order valence-corrected chi connectivity index (χ0v) is 18.2. The summed E-state index contributed by atoms with van der Waals surface area (Å²) in [6.45, 7) is 6.09. The number of nitrogens with zero attached hydrogens (tertiary/aromatic N) is 5. The van der Waals surface area contributed by atoms with E-state index >= 15 is 0 Å². The maximum atomic E-state index is 14.9. The molecule has 0 amide bonds. The fourth-order valence-electron chi connectivity index (χ4n) is 5.64. The van der Waals surface area contributed by atoms with Crippen molar-refractivity contribution < 1.29 is 4.39 Å². The first kappa shape index (κ1) is 18.8. The largest absolute Gasteiger partial charge is 0.350 e. The summed E-state index contributed by atoms with van der Waals surface area (Å²) in [5, 5.41) is 8.14. The fourth-order valence-corrected chi connectivity index (χ4v) is 5.64. The lowest BCUT2D eigenvalue weighted by Gasteiger charge is -2.54. The zero-order chi connectivity index (χ0) is 21.3. The third-order valence-corrected chi connectivity index (χ3v) is 7.28. The highest BCUT2D eigenvalue weighted by atomic mass is 19.1. The Morgan fingerprint density at radius 3 is 2.71 bits per heavy atom. The van der Waals surface area contributed by atoms with E-state index in [1.807, 2.05) is 36.0 Å². The Morgan fingerprint density at radius 2 is 2.00 bits per heavy atom. The van der Waals surface area contributed by atoms with E-state index in [0.717, 1.165) is 28.0 Å². The maximum absolute atomic E-state index is 14.9. The van der Waals surface area contributed by atoms with Crippen LogP contribution in [0.25, 0.3) is 27.7 Å². The molecule has 2 aliphatic rings. The number of fused-ring (bicyclic) bond motifs is 2. The van der Waals surface area contributed by atoms with Gasteiger partial charge in [0, 0.05) is 23.8 Å². The van der Waals surface area contributed by atoms with Crippen LogP contribution in [0.5, 0.6) is 0 Å². The van der Waals surface area contributed by atoms with Crippen LogP contribution in [0.1, 0.15) is 57.8 Å². The SMILES string of the molecule is Cc1nc2c(F)cc(-c3ccn4nc(NC5CC6(CCC6)C5)ncc34)cc2n1C(C)C. The summed E-state index contributed by atoms with van der Waals surface area (Å²) in [6, 6.07) is 6.24. The van der Waals surface area contributed by atoms with Gasteiger partial charge in [-0.2, -0.15) is 0 Å². The average Bonchev–Trinajstić information content (AvgIpc) is 3.23. The first-order chi connectivity index (χ1) is 14.9. The van der Waals surface area contributed by atoms with Gasteiger partial charge in [-0.1, -0.05) is 6.42 Å². The van der Waals surface area contributed by atoms with Crippen LogP contribution in [0.4, 0.5) is 10.3 Å². The summed E-state index contributed by atoms with van der Waals surface area (Å²) < 4.78 is 18.8. The minimum Gasteiger partial charge on any atom is -0.350 e. The molecule has 2 aliphatic carbocycles. The van der Waals surface area contributed by atoms with Gasteiger partial charge < -0.3 is 9.88 Å². The van der Waals surface area contributed by atoms with Crippen molar-refractivity contribution in [2.24, 2.45) is 5.41 Å². The van der Waals surface area contributed by atoms with Crippen molar-refractivity contribution >= 4 is 22.5 Å². The molecule has 1 spiro atoms. The second-order valence-electron chi connectivity index (χ2n) is 9.69. The van der Waals surface area contributed by atoms with Crippen molar-refractivity contribution in [2.45, 2.75) is 65.0 Å². The molecule has 6 rings (SSSR count). The smallest absolute Gasteiger partial charge is 0.241 e. The van der Waals surface area contributed by atoms with Crippen LogP contribution in [-0.4, -0.2) is 30.2 Å². The van der Waals surface area contributed by atoms with Gasteiger partial charge >= 0.3 is 0 Å². The van der Waals surface area contributed by atoms with Gasteiger partial charge in [0.25, 0.3) is 0 Å². The van der Waals surface area contributed by atoms with E-state index in [1.165, 1.54) is 32.1 Å². The number of nitrogens with one attached hydrogen (secondary N) is 1. The van der Waals surface area contributed by atoms with Crippen LogP contribution in [0.3, 0.4) is 0 Å². The Morgan fingerprint density at radius 1 is 1.19 bits per heavy atom. The molecule has 0 atom stereocenters. The Balaban J connectivity index is 1.34. The summed E-state index contributed by atoms with van der Waals surface area (Å²) in [6.07, 6.45) is 10.3. The number of aryl methyl sites for hydroxylation is 1. The van der Waals surface area contributed by atoms with Crippen LogP contribution >= 0.6 is 0 Å². The zero-order valence-electron chi connectivity index (χ0n) is 18.2. The van der Waals surface area contributed by atoms with Crippen LogP contribution in [0.2, 0.25) is 0 Å². The average molecular weight is 419 g/mol. The van der Waals surface area contributed by atoms with E-state index in [2.05, 4.69) is 38.8 Å². The van der Waals surface area contributed by atoms with Crippen LogP contribution in [-0.2, 0) is 0 Å². The quantitative estimate of drug-likeness (QED) is 0.474. The van der Waals surface area contributed by atoms with E-state index in [-0.39, 0.29) is 11.9 Å². The summed E-state index contributed by atoms with van der Waals surface area (Å²) in [5.74, 6) is 1.17. The van der Waals surface area contributed by atoms with Crippen molar-refractivity contribution in [2.75, 3.05) is 5.32 Å². The molecule has 6 nitrogen and oxygen atoms in total. The van der Waals surface area contributed by atoms with Gasteiger partial charge in [-0.25, -0.2) is 18.9 Å². The van der Waals surface area contributed by atoms with Crippen molar-refractivity contribution in [3.05, 3.63) is 42.2 Å². The molecular weight excluding hydrogens is 391 g/mol. The molecule has 2 fully saturated rings. The highest BCUT2D eigenvalue weighted by molar-refractivity contribution is 5.88. The number of anilines is 1. The predicted octanol–water partition coefficient (Wildman–Crippen LogP) is 5.52. The Labute approximate surface area is 180 Å². The summed E-state index contributed by atoms with van der Waals surface area (Å²) in [5.41, 5.74) is 4.44. The highest BCUT2D eigenvalue weighted by Gasteiger charge is 2.48. The molecule has 0 aliphatic heterocycles. The molecule has 0 radical (unpaired) electrons. The summed E-state index contributed by atoms with van der Waals surface area (Å²) >= 11 is 0. The van der Waals surface area contributed by atoms with Crippen molar-refractivity contribution in [3.8, 4) is 11.1 Å². The number of rotatable bonds is 4. The number of benzene rings is 1. The molecule has 3 aromatic heterocycles. The third-order valence-electron chi connectivity index (χ3n) is 7.28. The van der Waals surface area contributed by atoms with Crippen LogP contribution in [0, 0.1) is 18.2 Å². The minimum absolute atomic E-state index is 0.202. The lowest BCUT2D eigenvalue weighted by molar-refractivity contribution is 0.0189. The minimum atomic E-state index is -0.302. The Kier molecular flexibility index (Phi) is 3.95. The molecule has 7 heteroatoms. The lowest BCUT2D eigenvalue weighted by atomic mass is 9.54. The number of imidazole rings is 1. The number of hydrogen-bond acceptors (Lipinski definition) is 4.